The molecule has 1 aromatic heterocycles. The van der Waals surface area contributed by atoms with Gasteiger partial charge in [-0.1, -0.05) is 17.3 Å². The Morgan fingerprint density at radius 3 is 2.62 bits per heavy atom. The molecule has 0 atom stereocenters. The first-order chi connectivity index (χ1) is 12.7. The Hall–Kier alpha value is -2.96. The highest BCUT2D eigenvalue weighted by molar-refractivity contribution is 5.97. The summed E-state index contributed by atoms with van der Waals surface area (Å²) in [5.74, 6) is -0.247. The van der Waals surface area contributed by atoms with Gasteiger partial charge in [0.15, 0.2) is 0 Å². The normalized spacial score (nSPS) is 14.8. The summed E-state index contributed by atoms with van der Waals surface area (Å²) in [4.78, 5) is 16.6. The van der Waals surface area contributed by atoms with Crippen LogP contribution >= 0.6 is 0 Å². The van der Waals surface area contributed by atoms with Gasteiger partial charge in [-0.3, -0.25) is 4.79 Å². The SMILES string of the molecule is CCn1nnc2cc(C(=O)N3CCN(c4ccccc4F)CC3)ccc21. The first-order valence-electron chi connectivity index (χ1n) is 8.79. The molecule has 1 saturated heterocycles. The molecule has 2 aromatic carbocycles. The molecule has 4 rings (SSSR count). The molecule has 0 unspecified atom stereocenters. The lowest BCUT2D eigenvalue weighted by Crippen LogP contribution is -2.49. The first-order valence-corrected chi connectivity index (χ1v) is 8.79. The van der Waals surface area contributed by atoms with Gasteiger partial charge in [-0.15, -0.1) is 5.10 Å². The number of fused-ring (bicyclic) bond motifs is 1. The highest BCUT2D eigenvalue weighted by Crippen LogP contribution is 2.21. The second kappa shape index (κ2) is 6.74. The predicted molar refractivity (Wildman–Crippen MR) is 97.7 cm³/mol. The lowest BCUT2D eigenvalue weighted by Gasteiger charge is -2.36. The van der Waals surface area contributed by atoms with Gasteiger partial charge < -0.3 is 9.80 Å². The molecule has 6 nitrogen and oxygen atoms in total. The molecule has 0 bridgehead atoms. The number of nitrogens with zero attached hydrogens (tertiary/aromatic N) is 5. The minimum absolute atomic E-state index is 0.0221. The molecule has 134 valence electrons. The lowest BCUT2D eigenvalue weighted by atomic mass is 10.1. The smallest absolute Gasteiger partial charge is 0.254 e. The van der Waals surface area contributed by atoms with E-state index in [9.17, 15) is 9.18 Å². The summed E-state index contributed by atoms with van der Waals surface area (Å²) < 4.78 is 15.7. The first kappa shape index (κ1) is 16.5. The molecule has 1 aliphatic heterocycles. The molecule has 26 heavy (non-hydrogen) atoms. The molecule has 1 amide bonds. The zero-order valence-corrected chi connectivity index (χ0v) is 14.6. The maximum atomic E-state index is 13.9. The van der Waals surface area contributed by atoms with Gasteiger partial charge in [0.1, 0.15) is 11.3 Å². The van der Waals surface area contributed by atoms with Gasteiger partial charge in [0.25, 0.3) is 5.91 Å². The van der Waals surface area contributed by atoms with Crippen LogP contribution in [0.5, 0.6) is 0 Å². The van der Waals surface area contributed by atoms with Crippen molar-refractivity contribution in [1.29, 1.82) is 0 Å². The zero-order chi connectivity index (χ0) is 18.1. The van der Waals surface area contributed by atoms with Crippen LogP contribution in [0.4, 0.5) is 10.1 Å². The summed E-state index contributed by atoms with van der Waals surface area (Å²) in [6, 6.07) is 12.3. The maximum absolute atomic E-state index is 13.9. The van der Waals surface area contributed by atoms with Crippen LogP contribution in [-0.2, 0) is 6.54 Å². The van der Waals surface area contributed by atoms with Crippen molar-refractivity contribution in [3.05, 3.63) is 53.8 Å². The van der Waals surface area contributed by atoms with E-state index < -0.39 is 0 Å². The van der Waals surface area contributed by atoms with E-state index in [0.717, 1.165) is 17.6 Å². The molecule has 0 radical (unpaired) electrons. The summed E-state index contributed by atoms with van der Waals surface area (Å²) in [7, 11) is 0. The Bertz CT molecular complexity index is 946. The predicted octanol–water partition coefficient (Wildman–Crippen LogP) is 2.55. The standard InChI is InChI=1S/C19H20FN5O/c1-2-25-18-8-7-14(13-16(18)21-22-25)19(26)24-11-9-23(10-12-24)17-6-4-3-5-15(17)20/h3-8,13H,2,9-12H2,1H3. The van der Waals surface area contributed by atoms with Crippen LogP contribution in [0.15, 0.2) is 42.5 Å². The van der Waals surface area contributed by atoms with E-state index in [-0.39, 0.29) is 11.7 Å². The average molecular weight is 353 g/mol. The third-order valence-corrected chi connectivity index (χ3v) is 4.82. The number of anilines is 1. The Balaban J connectivity index is 1.47. The van der Waals surface area contributed by atoms with Crippen molar-refractivity contribution in [2.24, 2.45) is 0 Å². The number of piperazine rings is 1. The van der Waals surface area contributed by atoms with Crippen molar-refractivity contribution >= 4 is 22.6 Å². The highest BCUT2D eigenvalue weighted by Gasteiger charge is 2.24. The van der Waals surface area contributed by atoms with Crippen molar-refractivity contribution in [3.63, 3.8) is 0 Å². The number of aromatic nitrogens is 3. The van der Waals surface area contributed by atoms with Gasteiger partial charge in [-0.2, -0.15) is 0 Å². The molecule has 1 aliphatic rings. The van der Waals surface area contributed by atoms with Crippen molar-refractivity contribution in [3.8, 4) is 0 Å². The Morgan fingerprint density at radius 2 is 1.88 bits per heavy atom. The minimum Gasteiger partial charge on any atom is -0.366 e. The fourth-order valence-corrected chi connectivity index (χ4v) is 3.38. The lowest BCUT2D eigenvalue weighted by molar-refractivity contribution is 0.0747. The number of benzene rings is 2. The topological polar surface area (TPSA) is 54.3 Å². The molecule has 0 saturated carbocycles. The van der Waals surface area contributed by atoms with Crippen molar-refractivity contribution in [2.45, 2.75) is 13.5 Å². The Kier molecular flexibility index (Phi) is 4.28. The van der Waals surface area contributed by atoms with Crippen LogP contribution in [0, 0.1) is 5.82 Å². The van der Waals surface area contributed by atoms with E-state index in [2.05, 4.69) is 10.3 Å². The van der Waals surface area contributed by atoms with Gasteiger partial charge in [0, 0.05) is 38.3 Å². The van der Waals surface area contributed by atoms with E-state index >= 15 is 0 Å². The quantitative estimate of drug-likeness (QED) is 0.726. The summed E-state index contributed by atoms with van der Waals surface area (Å²) in [6.07, 6.45) is 0. The molecule has 2 heterocycles. The van der Waals surface area contributed by atoms with Crippen molar-refractivity contribution in [1.82, 2.24) is 19.9 Å². The summed E-state index contributed by atoms with van der Waals surface area (Å²) in [5, 5.41) is 8.21. The third-order valence-electron chi connectivity index (χ3n) is 4.82. The largest absolute Gasteiger partial charge is 0.366 e. The fourth-order valence-electron chi connectivity index (χ4n) is 3.38. The number of para-hydroxylation sites is 1. The van der Waals surface area contributed by atoms with E-state index in [1.165, 1.54) is 6.07 Å². The number of halogens is 1. The number of amides is 1. The molecule has 0 aliphatic carbocycles. The van der Waals surface area contributed by atoms with Crippen LogP contribution in [0.25, 0.3) is 11.0 Å². The van der Waals surface area contributed by atoms with E-state index in [1.807, 2.05) is 34.9 Å². The van der Waals surface area contributed by atoms with E-state index in [4.69, 9.17) is 0 Å². The third kappa shape index (κ3) is 2.89. The van der Waals surface area contributed by atoms with Gasteiger partial charge in [0.05, 0.1) is 11.2 Å². The molecule has 3 aromatic rings. The summed E-state index contributed by atoms with van der Waals surface area (Å²) in [6.45, 7) is 5.09. The maximum Gasteiger partial charge on any atom is 0.254 e. The number of rotatable bonds is 3. The molecule has 0 N–H and O–H groups in total. The van der Waals surface area contributed by atoms with E-state index in [1.54, 1.807) is 22.9 Å². The second-order valence-corrected chi connectivity index (χ2v) is 6.34. The van der Waals surface area contributed by atoms with Crippen LogP contribution in [-0.4, -0.2) is 52.0 Å². The van der Waals surface area contributed by atoms with Gasteiger partial charge >= 0.3 is 0 Å². The minimum atomic E-state index is -0.225. The molecular formula is C19H20FN5O. The Labute approximate surface area is 150 Å². The summed E-state index contributed by atoms with van der Waals surface area (Å²) in [5.41, 5.74) is 2.85. The number of hydrogen-bond acceptors (Lipinski definition) is 4. The van der Waals surface area contributed by atoms with Gasteiger partial charge in [0.2, 0.25) is 0 Å². The highest BCUT2D eigenvalue weighted by atomic mass is 19.1. The monoisotopic (exact) mass is 353 g/mol. The van der Waals surface area contributed by atoms with Crippen LogP contribution in [0.2, 0.25) is 0 Å². The van der Waals surface area contributed by atoms with Crippen LogP contribution in [0.1, 0.15) is 17.3 Å². The summed E-state index contributed by atoms with van der Waals surface area (Å²) >= 11 is 0. The molecule has 1 fully saturated rings. The molecule has 7 heteroatoms. The number of carbonyl (C=O) groups is 1. The van der Waals surface area contributed by atoms with Gasteiger partial charge in [-0.25, -0.2) is 9.07 Å². The number of aryl methyl sites for hydroxylation is 1. The Morgan fingerprint density at radius 1 is 1.12 bits per heavy atom. The van der Waals surface area contributed by atoms with Crippen LogP contribution in [0.3, 0.4) is 0 Å². The average Bonchev–Trinajstić information content (AvgIpc) is 3.10. The number of hydrogen-bond donors (Lipinski definition) is 0. The van der Waals surface area contributed by atoms with E-state index in [0.29, 0.717) is 37.4 Å². The second-order valence-electron chi connectivity index (χ2n) is 6.34. The van der Waals surface area contributed by atoms with Crippen LogP contribution < -0.4 is 4.90 Å². The van der Waals surface area contributed by atoms with Crippen molar-refractivity contribution < 1.29 is 9.18 Å². The molecular weight excluding hydrogens is 333 g/mol. The fraction of sp³-hybridized carbons (Fsp3) is 0.316. The van der Waals surface area contributed by atoms with Crippen molar-refractivity contribution in [2.75, 3.05) is 31.1 Å². The zero-order valence-electron chi connectivity index (χ0n) is 14.6. The number of carbonyl (C=O) groups excluding carboxylic acids is 1. The molecule has 0 spiro atoms. The van der Waals surface area contributed by atoms with Gasteiger partial charge in [-0.05, 0) is 37.3 Å².